The van der Waals surface area contributed by atoms with Gasteiger partial charge in [-0.25, -0.2) is 4.98 Å². The molecule has 0 amide bonds. The van der Waals surface area contributed by atoms with E-state index in [0.29, 0.717) is 0 Å². The standard InChI is InChI=1S/C8H11NS2/c1-3-11-8-6-4-5-7(9-8)10-2/h4-6H,3H2,1-2H3. The van der Waals surface area contributed by atoms with E-state index in [4.69, 9.17) is 0 Å². The molecule has 0 fully saturated rings. The SMILES string of the molecule is CCSc1cccc(SC)n1. The van der Waals surface area contributed by atoms with Crippen LogP contribution >= 0.6 is 23.5 Å². The number of hydrogen-bond acceptors (Lipinski definition) is 3. The molecule has 3 heteroatoms. The summed E-state index contributed by atoms with van der Waals surface area (Å²) in [5, 5.41) is 2.22. The number of thioether (sulfide) groups is 2. The molecule has 0 aliphatic carbocycles. The van der Waals surface area contributed by atoms with E-state index in [1.165, 1.54) is 0 Å². The Morgan fingerprint density at radius 3 is 2.73 bits per heavy atom. The van der Waals surface area contributed by atoms with E-state index < -0.39 is 0 Å². The molecule has 1 rings (SSSR count). The zero-order valence-corrected chi connectivity index (χ0v) is 8.34. The summed E-state index contributed by atoms with van der Waals surface area (Å²) in [5.74, 6) is 1.09. The van der Waals surface area contributed by atoms with Crippen LogP contribution in [0.3, 0.4) is 0 Å². The smallest absolute Gasteiger partial charge is 0.0973 e. The van der Waals surface area contributed by atoms with Crippen LogP contribution in [0.15, 0.2) is 28.3 Å². The Bertz CT molecular complexity index is 225. The van der Waals surface area contributed by atoms with E-state index in [1.807, 2.05) is 18.4 Å². The van der Waals surface area contributed by atoms with Crippen molar-refractivity contribution >= 4 is 23.5 Å². The van der Waals surface area contributed by atoms with Crippen LogP contribution in [-0.4, -0.2) is 17.0 Å². The minimum absolute atomic E-state index is 1.09. The Balaban J connectivity index is 2.74. The molecular formula is C8H11NS2. The molecule has 0 aliphatic heterocycles. The van der Waals surface area contributed by atoms with Crippen molar-refractivity contribution in [1.29, 1.82) is 0 Å². The Hall–Kier alpha value is -0.150. The second kappa shape index (κ2) is 4.67. The molecule has 0 bridgehead atoms. The van der Waals surface area contributed by atoms with Gasteiger partial charge in [0, 0.05) is 0 Å². The number of nitrogens with zero attached hydrogens (tertiary/aromatic N) is 1. The predicted octanol–water partition coefficient (Wildman–Crippen LogP) is 2.92. The van der Waals surface area contributed by atoms with Gasteiger partial charge in [0.1, 0.15) is 0 Å². The summed E-state index contributed by atoms with van der Waals surface area (Å²) < 4.78 is 0. The van der Waals surface area contributed by atoms with Gasteiger partial charge in [0.05, 0.1) is 10.1 Å². The third-order valence-electron chi connectivity index (χ3n) is 1.20. The van der Waals surface area contributed by atoms with E-state index in [1.54, 1.807) is 23.5 Å². The molecule has 0 aliphatic rings. The first-order valence-corrected chi connectivity index (χ1v) is 5.71. The molecule has 0 unspecified atom stereocenters. The van der Waals surface area contributed by atoms with Crippen molar-refractivity contribution in [1.82, 2.24) is 4.98 Å². The highest BCUT2D eigenvalue weighted by Crippen LogP contribution is 2.18. The topological polar surface area (TPSA) is 12.9 Å². The monoisotopic (exact) mass is 185 g/mol. The van der Waals surface area contributed by atoms with Crippen LogP contribution in [0.4, 0.5) is 0 Å². The van der Waals surface area contributed by atoms with Crippen molar-refractivity contribution in [2.75, 3.05) is 12.0 Å². The van der Waals surface area contributed by atoms with Gasteiger partial charge in [-0.05, 0) is 24.1 Å². The lowest BCUT2D eigenvalue weighted by Crippen LogP contribution is -1.81. The van der Waals surface area contributed by atoms with Gasteiger partial charge in [0.15, 0.2) is 0 Å². The number of hydrogen-bond donors (Lipinski definition) is 0. The zero-order chi connectivity index (χ0) is 8.10. The molecule has 1 aromatic heterocycles. The van der Waals surface area contributed by atoms with E-state index in [-0.39, 0.29) is 0 Å². The van der Waals surface area contributed by atoms with E-state index in [2.05, 4.69) is 18.0 Å². The number of rotatable bonds is 3. The summed E-state index contributed by atoms with van der Waals surface area (Å²) >= 11 is 3.46. The highest BCUT2D eigenvalue weighted by Gasteiger charge is 1.94. The highest BCUT2D eigenvalue weighted by atomic mass is 32.2. The molecule has 0 atom stereocenters. The minimum atomic E-state index is 1.09. The van der Waals surface area contributed by atoms with Crippen LogP contribution in [0.2, 0.25) is 0 Å². The van der Waals surface area contributed by atoms with Crippen LogP contribution in [0.5, 0.6) is 0 Å². The van der Waals surface area contributed by atoms with Gasteiger partial charge in [-0.1, -0.05) is 13.0 Å². The van der Waals surface area contributed by atoms with E-state index >= 15 is 0 Å². The van der Waals surface area contributed by atoms with Gasteiger partial charge in [-0.15, -0.1) is 23.5 Å². The van der Waals surface area contributed by atoms with E-state index in [9.17, 15) is 0 Å². The van der Waals surface area contributed by atoms with Gasteiger partial charge >= 0.3 is 0 Å². The summed E-state index contributed by atoms with van der Waals surface area (Å²) in [7, 11) is 0. The summed E-state index contributed by atoms with van der Waals surface area (Å²) in [6.45, 7) is 2.14. The van der Waals surface area contributed by atoms with E-state index in [0.717, 1.165) is 15.8 Å². The number of pyridine rings is 1. The molecule has 0 aromatic carbocycles. The third-order valence-corrected chi connectivity index (χ3v) is 2.66. The fraction of sp³-hybridized carbons (Fsp3) is 0.375. The molecule has 0 N–H and O–H groups in total. The maximum Gasteiger partial charge on any atom is 0.0973 e. The summed E-state index contributed by atoms with van der Waals surface area (Å²) in [5.41, 5.74) is 0. The van der Waals surface area contributed by atoms with Crippen molar-refractivity contribution in [2.24, 2.45) is 0 Å². The normalized spacial score (nSPS) is 10.0. The molecule has 0 radical (unpaired) electrons. The first-order valence-electron chi connectivity index (χ1n) is 3.50. The molecule has 0 spiro atoms. The molecule has 60 valence electrons. The first kappa shape index (κ1) is 8.94. The lowest BCUT2D eigenvalue weighted by atomic mass is 10.5. The fourth-order valence-corrected chi connectivity index (χ4v) is 1.83. The quantitative estimate of drug-likeness (QED) is 0.672. The van der Waals surface area contributed by atoms with Crippen molar-refractivity contribution in [2.45, 2.75) is 17.0 Å². The first-order chi connectivity index (χ1) is 5.36. The van der Waals surface area contributed by atoms with Crippen LogP contribution in [0.25, 0.3) is 0 Å². The third kappa shape index (κ3) is 2.75. The Morgan fingerprint density at radius 2 is 2.09 bits per heavy atom. The molecule has 0 saturated carbocycles. The molecule has 11 heavy (non-hydrogen) atoms. The van der Waals surface area contributed by atoms with Gasteiger partial charge in [0.25, 0.3) is 0 Å². The largest absolute Gasteiger partial charge is 0.235 e. The average molecular weight is 185 g/mol. The fourth-order valence-electron chi connectivity index (χ4n) is 0.738. The van der Waals surface area contributed by atoms with Crippen molar-refractivity contribution in [3.05, 3.63) is 18.2 Å². The lowest BCUT2D eigenvalue weighted by Gasteiger charge is -1.98. The average Bonchev–Trinajstić information content (AvgIpc) is 2.06. The summed E-state index contributed by atoms with van der Waals surface area (Å²) in [6, 6.07) is 6.13. The van der Waals surface area contributed by atoms with Crippen molar-refractivity contribution in [3.63, 3.8) is 0 Å². The lowest BCUT2D eigenvalue weighted by molar-refractivity contribution is 1.01. The van der Waals surface area contributed by atoms with Crippen LogP contribution in [-0.2, 0) is 0 Å². The molecule has 1 aromatic rings. The van der Waals surface area contributed by atoms with Crippen molar-refractivity contribution in [3.8, 4) is 0 Å². The molecule has 0 saturated heterocycles. The summed E-state index contributed by atoms with van der Waals surface area (Å²) in [6.07, 6.45) is 2.04. The van der Waals surface area contributed by atoms with Crippen LogP contribution in [0.1, 0.15) is 6.92 Å². The minimum Gasteiger partial charge on any atom is -0.235 e. The van der Waals surface area contributed by atoms with Crippen LogP contribution < -0.4 is 0 Å². The molecule has 1 heterocycles. The Labute approximate surface area is 76.0 Å². The molecular weight excluding hydrogens is 174 g/mol. The highest BCUT2D eigenvalue weighted by molar-refractivity contribution is 7.99. The maximum atomic E-state index is 4.41. The van der Waals surface area contributed by atoms with Gasteiger partial charge in [-0.3, -0.25) is 0 Å². The van der Waals surface area contributed by atoms with Gasteiger partial charge in [-0.2, -0.15) is 0 Å². The van der Waals surface area contributed by atoms with Gasteiger partial charge in [0.2, 0.25) is 0 Å². The second-order valence-corrected chi connectivity index (χ2v) is 4.06. The predicted molar refractivity (Wildman–Crippen MR) is 52.4 cm³/mol. The van der Waals surface area contributed by atoms with Crippen molar-refractivity contribution < 1.29 is 0 Å². The summed E-state index contributed by atoms with van der Waals surface area (Å²) in [4.78, 5) is 4.41. The zero-order valence-electron chi connectivity index (χ0n) is 6.70. The number of aromatic nitrogens is 1. The van der Waals surface area contributed by atoms with Gasteiger partial charge < -0.3 is 0 Å². The Kier molecular flexibility index (Phi) is 3.80. The Morgan fingerprint density at radius 1 is 1.36 bits per heavy atom. The molecule has 1 nitrogen and oxygen atoms in total. The maximum absolute atomic E-state index is 4.41. The van der Waals surface area contributed by atoms with Crippen LogP contribution in [0, 0.1) is 0 Å². The second-order valence-electron chi connectivity index (χ2n) is 1.95.